The van der Waals surface area contributed by atoms with Crippen LogP contribution >= 0.6 is 0 Å². The molecule has 2 aromatic rings. The maximum atomic E-state index is 13.1. The van der Waals surface area contributed by atoms with Crippen molar-refractivity contribution in [3.8, 4) is 5.75 Å². The summed E-state index contributed by atoms with van der Waals surface area (Å²) in [6, 6.07) is 12.4. The third-order valence-electron chi connectivity index (χ3n) is 4.07. The van der Waals surface area contributed by atoms with Gasteiger partial charge in [0.05, 0.1) is 0 Å². The number of benzene rings is 2. The minimum absolute atomic E-state index is 0.0162. The molecule has 0 heterocycles. The van der Waals surface area contributed by atoms with Gasteiger partial charge in [-0.2, -0.15) is 0 Å². The van der Waals surface area contributed by atoms with E-state index in [1.807, 2.05) is 19.1 Å². The van der Waals surface area contributed by atoms with Gasteiger partial charge < -0.3 is 20.1 Å². The summed E-state index contributed by atoms with van der Waals surface area (Å²) in [7, 11) is 0. The van der Waals surface area contributed by atoms with Gasteiger partial charge in [-0.15, -0.1) is 0 Å². The fourth-order valence-corrected chi connectivity index (χ4v) is 2.47. The molecule has 0 aliphatic rings. The zero-order chi connectivity index (χ0) is 21.2. The van der Waals surface area contributed by atoms with E-state index in [0.29, 0.717) is 11.4 Å². The van der Waals surface area contributed by atoms with Crippen molar-refractivity contribution in [3.05, 3.63) is 59.9 Å². The number of carbonyl (C=O) groups is 3. The molecule has 0 bridgehead atoms. The number of anilines is 1. The Morgan fingerprint density at radius 3 is 2.24 bits per heavy atom. The van der Waals surface area contributed by atoms with Crippen molar-refractivity contribution >= 4 is 23.5 Å². The van der Waals surface area contributed by atoms with Gasteiger partial charge >= 0.3 is 5.97 Å². The van der Waals surface area contributed by atoms with E-state index in [9.17, 15) is 18.8 Å². The first-order valence-electron chi connectivity index (χ1n) is 9.10. The number of hydrogen-bond donors (Lipinski definition) is 1. The van der Waals surface area contributed by atoms with Crippen molar-refractivity contribution in [1.29, 1.82) is 0 Å². The molecule has 0 saturated carbocycles. The van der Waals surface area contributed by atoms with Crippen molar-refractivity contribution in [2.45, 2.75) is 19.8 Å². The van der Waals surface area contributed by atoms with Gasteiger partial charge in [0.2, 0.25) is 5.91 Å². The summed E-state index contributed by atoms with van der Waals surface area (Å²) in [6.07, 6.45) is 0.804. The summed E-state index contributed by atoms with van der Waals surface area (Å²) in [5.41, 5.74) is 6.64. The first kappa shape index (κ1) is 21.9. The molecular weight excluding hydrogens is 379 g/mol. The first-order chi connectivity index (χ1) is 13.9. The van der Waals surface area contributed by atoms with Crippen molar-refractivity contribution in [3.63, 3.8) is 0 Å². The highest BCUT2D eigenvalue weighted by molar-refractivity contribution is 5.95. The highest BCUT2D eigenvalue weighted by atomic mass is 19.1. The average molecular weight is 402 g/mol. The normalized spacial score (nSPS) is 10.3. The van der Waals surface area contributed by atoms with Gasteiger partial charge in [0.15, 0.2) is 13.2 Å². The number of nitrogens with two attached hydrogens (primary N) is 1. The molecule has 0 fully saturated rings. The van der Waals surface area contributed by atoms with Gasteiger partial charge in [0, 0.05) is 18.7 Å². The van der Waals surface area contributed by atoms with Crippen molar-refractivity contribution in [2.75, 3.05) is 24.7 Å². The number of carbonyl (C=O) groups excluding carboxylic acids is 3. The van der Waals surface area contributed by atoms with Crippen LogP contribution in [0.4, 0.5) is 10.1 Å². The summed E-state index contributed by atoms with van der Waals surface area (Å²) in [6.45, 7) is 1.12. The Morgan fingerprint density at radius 2 is 1.66 bits per heavy atom. The number of aryl methyl sites for hydroxylation is 1. The predicted molar refractivity (Wildman–Crippen MR) is 105 cm³/mol. The van der Waals surface area contributed by atoms with Crippen molar-refractivity contribution in [1.82, 2.24) is 0 Å². The van der Waals surface area contributed by atoms with E-state index in [1.54, 1.807) is 12.1 Å². The molecule has 154 valence electrons. The minimum atomic E-state index is -0.716. The zero-order valence-corrected chi connectivity index (χ0v) is 16.1. The molecule has 0 aliphatic heterocycles. The standard InChI is InChI=1S/C21H23FN2O5/c1-2-15-3-9-18(10-4-15)28-14-21(27)29-13-20(26)24(12-11-19(23)25)17-7-5-16(22)6-8-17/h3-10H,2,11-14H2,1H3,(H2,23,25). The molecule has 2 aromatic carbocycles. The molecule has 2 amide bonds. The topological polar surface area (TPSA) is 98.9 Å². The van der Waals surface area contributed by atoms with E-state index >= 15 is 0 Å². The Balaban J connectivity index is 1.89. The van der Waals surface area contributed by atoms with Gasteiger partial charge in [-0.25, -0.2) is 9.18 Å². The maximum Gasteiger partial charge on any atom is 0.344 e. The number of rotatable bonds is 10. The fraction of sp³-hybridized carbons (Fsp3) is 0.286. The largest absolute Gasteiger partial charge is 0.482 e. The van der Waals surface area contributed by atoms with Crippen LogP contribution in [0.1, 0.15) is 18.9 Å². The Morgan fingerprint density at radius 1 is 1.00 bits per heavy atom. The smallest absolute Gasteiger partial charge is 0.344 e. The predicted octanol–water partition coefficient (Wildman–Crippen LogP) is 2.22. The summed E-state index contributed by atoms with van der Waals surface area (Å²) in [4.78, 5) is 36.6. The van der Waals surface area contributed by atoms with Crippen LogP contribution in [-0.2, 0) is 25.5 Å². The summed E-state index contributed by atoms with van der Waals surface area (Å²) in [5, 5.41) is 0. The average Bonchev–Trinajstić information content (AvgIpc) is 2.72. The summed E-state index contributed by atoms with van der Waals surface area (Å²) >= 11 is 0. The van der Waals surface area contributed by atoms with Crippen LogP contribution in [0.3, 0.4) is 0 Å². The highest BCUT2D eigenvalue weighted by Crippen LogP contribution is 2.16. The summed E-state index contributed by atoms with van der Waals surface area (Å²) < 4.78 is 23.4. The second-order valence-corrected chi connectivity index (χ2v) is 6.18. The van der Waals surface area contributed by atoms with Crippen LogP contribution in [0, 0.1) is 5.82 Å². The van der Waals surface area contributed by atoms with E-state index in [0.717, 1.165) is 12.0 Å². The van der Waals surface area contributed by atoms with Crippen LogP contribution < -0.4 is 15.4 Å². The Kier molecular flexibility index (Phi) is 8.14. The quantitative estimate of drug-likeness (QED) is 0.615. The molecule has 0 saturated heterocycles. The number of ether oxygens (including phenoxy) is 2. The number of amides is 2. The number of halogens is 1. The van der Waals surface area contributed by atoms with Crippen LogP contribution in [0.2, 0.25) is 0 Å². The fourth-order valence-electron chi connectivity index (χ4n) is 2.47. The third kappa shape index (κ3) is 7.25. The van der Waals surface area contributed by atoms with Crippen LogP contribution in [0.25, 0.3) is 0 Å². The van der Waals surface area contributed by atoms with E-state index in [-0.39, 0.29) is 19.6 Å². The Labute approximate surface area is 168 Å². The van der Waals surface area contributed by atoms with Crippen LogP contribution in [0.5, 0.6) is 5.75 Å². The lowest BCUT2D eigenvalue weighted by Gasteiger charge is -2.22. The highest BCUT2D eigenvalue weighted by Gasteiger charge is 2.18. The number of nitrogens with zero attached hydrogens (tertiary/aromatic N) is 1. The molecule has 7 nitrogen and oxygen atoms in total. The Bertz CT molecular complexity index is 837. The van der Waals surface area contributed by atoms with E-state index in [2.05, 4.69) is 0 Å². The van der Waals surface area contributed by atoms with E-state index in [1.165, 1.54) is 29.2 Å². The van der Waals surface area contributed by atoms with Crippen LogP contribution in [0.15, 0.2) is 48.5 Å². The third-order valence-corrected chi connectivity index (χ3v) is 4.07. The number of esters is 1. The number of primary amides is 1. The molecular formula is C21H23FN2O5. The number of hydrogen-bond acceptors (Lipinski definition) is 5. The van der Waals surface area contributed by atoms with Gasteiger partial charge in [-0.1, -0.05) is 19.1 Å². The molecule has 0 spiro atoms. The molecule has 0 aliphatic carbocycles. The molecule has 0 aromatic heterocycles. The van der Waals surface area contributed by atoms with Gasteiger partial charge in [0.1, 0.15) is 11.6 Å². The lowest BCUT2D eigenvalue weighted by molar-refractivity contribution is -0.149. The van der Waals surface area contributed by atoms with Crippen molar-refractivity contribution in [2.24, 2.45) is 5.73 Å². The maximum absolute atomic E-state index is 13.1. The minimum Gasteiger partial charge on any atom is -0.482 e. The second kappa shape index (κ2) is 10.8. The van der Waals surface area contributed by atoms with Crippen LogP contribution in [-0.4, -0.2) is 37.5 Å². The molecule has 0 atom stereocenters. The molecule has 2 N–H and O–H groups in total. The zero-order valence-electron chi connectivity index (χ0n) is 16.1. The molecule has 29 heavy (non-hydrogen) atoms. The molecule has 2 rings (SSSR count). The summed E-state index contributed by atoms with van der Waals surface area (Å²) in [5.74, 6) is -1.83. The van der Waals surface area contributed by atoms with E-state index < -0.39 is 30.2 Å². The lowest BCUT2D eigenvalue weighted by atomic mass is 10.2. The Hall–Kier alpha value is -3.42. The first-order valence-corrected chi connectivity index (χ1v) is 9.10. The monoisotopic (exact) mass is 402 g/mol. The van der Waals surface area contributed by atoms with Gasteiger partial charge in [-0.05, 0) is 48.4 Å². The molecule has 0 radical (unpaired) electrons. The molecule has 0 unspecified atom stereocenters. The van der Waals surface area contributed by atoms with Gasteiger partial charge in [-0.3, -0.25) is 9.59 Å². The van der Waals surface area contributed by atoms with E-state index in [4.69, 9.17) is 15.2 Å². The SMILES string of the molecule is CCc1ccc(OCC(=O)OCC(=O)N(CCC(N)=O)c2ccc(F)cc2)cc1. The second-order valence-electron chi connectivity index (χ2n) is 6.18. The molecule has 8 heteroatoms. The lowest BCUT2D eigenvalue weighted by Crippen LogP contribution is -2.37. The van der Waals surface area contributed by atoms with Crippen molar-refractivity contribution < 1.29 is 28.2 Å². The van der Waals surface area contributed by atoms with Gasteiger partial charge in [0.25, 0.3) is 5.91 Å².